The second kappa shape index (κ2) is 4.12. The minimum atomic E-state index is 0.185. The molecule has 0 aliphatic carbocycles. The fourth-order valence-electron chi connectivity index (χ4n) is 0.901. The Balaban J connectivity index is 2.48. The number of nitrogens with one attached hydrogen (secondary N) is 1. The molecule has 3 N–H and O–H groups in total. The summed E-state index contributed by atoms with van der Waals surface area (Å²) in [6, 6.07) is 8.15. The van der Waals surface area contributed by atoms with E-state index in [9.17, 15) is 0 Å². The van der Waals surface area contributed by atoms with Crippen LogP contribution in [0.25, 0.3) is 0 Å². The summed E-state index contributed by atoms with van der Waals surface area (Å²) in [5.41, 5.74) is 7.72. The van der Waals surface area contributed by atoms with Crippen molar-refractivity contribution in [3.8, 4) is 0 Å². The highest BCUT2D eigenvalue weighted by atomic mass is 14.9. The summed E-state index contributed by atoms with van der Waals surface area (Å²) in [4.78, 5) is 0. The first-order chi connectivity index (χ1) is 5.68. The van der Waals surface area contributed by atoms with Crippen LogP contribution in [0.5, 0.6) is 0 Å². The lowest BCUT2D eigenvalue weighted by Gasteiger charge is -2.08. The van der Waals surface area contributed by atoms with Gasteiger partial charge in [-0.15, -0.1) is 0 Å². The molecular formula is C10H15N2. The van der Waals surface area contributed by atoms with E-state index >= 15 is 0 Å². The third-order valence-electron chi connectivity index (χ3n) is 1.58. The van der Waals surface area contributed by atoms with Gasteiger partial charge >= 0.3 is 0 Å². The van der Waals surface area contributed by atoms with Gasteiger partial charge in [-0.1, -0.05) is 12.1 Å². The Kier molecular flexibility index (Phi) is 3.11. The van der Waals surface area contributed by atoms with Crippen molar-refractivity contribution in [3.05, 3.63) is 36.8 Å². The molecule has 0 aliphatic rings. The predicted octanol–water partition coefficient (Wildman–Crippen LogP) is 1.63. The van der Waals surface area contributed by atoms with E-state index < -0.39 is 0 Å². The molecular weight excluding hydrogens is 148 g/mol. The third kappa shape index (κ3) is 2.93. The second-order valence-corrected chi connectivity index (χ2v) is 3.06. The first-order valence-electron chi connectivity index (χ1n) is 4.10. The van der Waals surface area contributed by atoms with Crippen LogP contribution in [0.3, 0.4) is 0 Å². The number of nitrogens with two attached hydrogens (primary N) is 1. The van der Waals surface area contributed by atoms with Gasteiger partial charge in [0.25, 0.3) is 0 Å². The standard InChI is InChI=1S/C10H15N2/c1-8-3-5-10(6-4-8)12-7-9(2)11/h3-6,9,12H,1,7,11H2,2H3. The number of hydrogen-bond acceptors (Lipinski definition) is 2. The molecule has 1 atom stereocenters. The Morgan fingerprint density at radius 3 is 2.50 bits per heavy atom. The summed E-state index contributed by atoms with van der Waals surface area (Å²) in [5.74, 6) is 0. The molecule has 0 amide bonds. The maximum absolute atomic E-state index is 5.60. The van der Waals surface area contributed by atoms with Gasteiger partial charge in [0.2, 0.25) is 0 Å². The Labute approximate surface area is 73.8 Å². The van der Waals surface area contributed by atoms with Crippen LogP contribution in [-0.2, 0) is 0 Å². The number of benzene rings is 1. The Bertz CT molecular complexity index is 226. The lowest BCUT2D eigenvalue weighted by Crippen LogP contribution is -2.25. The fourth-order valence-corrected chi connectivity index (χ4v) is 0.901. The highest BCUT2D eigenvalue weighted by molar-refractivity contribution is 5.45. The van der Waals surface area contributed by atoms with Gasteiger partial charge in [0.05, 0.1) is 0 Å². The molecule has 0 aliphatic heterocycles. The van der Waals surface area contributed by atoms with Crippen LogP contribution in [0.15, 0.2) is 24.3 Å². The summed E-state index contributed by atoms with van der Waals surface area (Å²) in [6.45, 7) is 6.58. The maximum atomic E-state index is 5.60. The number of hydrogen-bond donors (Lipinski definition) is 2. The Hall–Kier alpha value is -1.02. The van der Waals surface area contributed by atoms with Gasteiger partial charge in [0.15, 0.2) is 0 Å². The van der Waals surface area contributed by atoms with Gasteiger partial charge in [-0.3, -0.25) is 0 Å². The number of anilines is 1. The molecule has 1 aromatic carbocycles. The highest BCUT2D eigenvalue weighted by Gasteiger charge is 1.93. The van der Waals surface area contributed by atoms with Crippen molar-refractivity contribution in [2.24, 2.45) is 5.73 Å². The van der Waals surface area contributed by atoms with Crippen molar-refractivity contribution in [2.75, 3.05) is 11.9 Å². The molecule has 0 aromatic heterocycles. The minimum absolute atomic E-state index is 0.185. The Morgan fingerprint density at radius 2 is 2.00 bits per heavy atom. The normalized spacial score (nSPS) is 12.6. The van der Waals surface area contributed by atoms with Crippen molar-refractivity contribution in [1.29, 1.82) is 0 Å². The van der Waals surface area contributed by atoms with E-state index in [2.05, 4.69) is 12.2 Å². The van der Waals surface area contributed by atoms with E-state index in [-0.39, 0.29) is 6.04 Å². The monoisotopic (exact) mass is 163 g/mol. The van der Waals surface area contributed by atoms with Crippen molar-refractivity contribution < 1.29 is 0 Å². The van der Waals surface area contributed by atoms with Crippen LogP contribution < -0.4 is 11.1 Å². The molecule has 1 aromatic rings. The van der Waals surface area contributed by atoms with E-state index in [1.807, 2.05) is 31.2 Å². The summed E-state index contributed by atoms with van der Waals surface area (Å²) >= 11 is 0. The van der Waals surface area contributed by atoms with Crippen LogP contribution in [0.1, 0.15) is 12.5 Å². The van der Waals surface area contributed by atoms with Gasteiger partial charge < -0.3 is 11.1 Å². The zero-order valence-electron chi connectivity index (χ0n) is 7.38. The molecule has 1 radical (unpaired) electrons. The van der Waals surface area contributed by atoms with Crippen LogP contribution >= 0.6 is 0 Å². The molecule has 2 heteroatoms. The summed E-state index contributed by atoms with van der Waals surface area (Å²) < 4.78 is 0. The largest absolute Gasteiger partial charge is 0.383 e. The highest BCUT2D eigenvalue weighted by Crippen LogP contribution is 2.07. The quantitative estimate of drug-likeness (QED) is 0.710. The maximum Gasteiger partial charge on any atom is 0.0340 e. The smallest absolute Gasteiger partial charge is 0.0340 e. The summed E-state index contributed by atoms with van der Waals surface area (Å²) in [5, 5.41) is 3.22. The van der Waals surface area contributed by atoms with Crippen LogP contribution in [0.2, 0.25) is 0 Å². The van der Waals surface area contributed by atoms with E-state index in [1.165, 1.54) is 0 Å². The Morgan fingerprint density at radius 1 is 1.42 bits per heavy atom. The van der Waals surface area contributed by atoms with Crippen LogP contribution in [0, 0.1) is 6.92 Å². The van der Waals surface area contributed by atoms with E-state index in [0.29, 0.717) is 0 Å². The molecule has 2 nitrogen and oxygen atoms in total. The molecule has 12 heavy (non-hydrogen) atoms. The van der Waals surface area contributed by atoms with Gasteiger partial charge in [-0.25, -0.2) is 0 Å². The number of rotatable bonds is 3. The zero-order chi connectivity index (χ0) is 8.97. The minimum Gasteiger partial charge on any atom is -0.383 e. The molecule has 65 valence electrons. The van der Waals surface area contributed by atoms with Crippen LogP contribution in [0.4, 0.5) is 5.69 Å². The van der Waals surface area contributed by atoms with Crippen molar-refractivity contribution in [3.63, 3.8) is 0 Å². The van der Waals surface area contributed by atoms with Crippen molar-refractivity contribution in [2.45, 2.75) is 13.0 Å². The third-order valence-corrected chi connectivity index (χ3v) is 1.58. The molecule has 0 heterocycles. The van der Waals surface area contributed by atoms with Gasteiger partial charge in [-0.05, 0) is 31.5 Å². The van der Waals surface area contributed by atoms with Crippen LogP contribution in [-0.4, -0.2) is 12.6 Å². The summed E-state index contributed by atoms with van der Waals surface area (Å²) in [6.07, 6.45) is 0. The second-order valence-electron chi connectivity index (χ2n) is 3.06. The predicted molar refractivity (Wildman–Crippen MR) is 53.0 cm³/mol. The van der Waals surface area contributed by atoms with Gasteiger partial charge in [0, 0.05) is 18.3 Å². The molecule has 0 saturated carbocycles. The SMILES string of the molecule is [CH2]c1ccc(NCC(C)N)cc1. The molecule has 0 saturated heterocycles. The lowest BCUT2D eigenvalue weighted by atomic mass is 10.2. The first-order valence-corrected chi connectivity index (χ1v) is 4.10. The molecule has 0 spiro atoms. The topological polar surface area (TPSA) is 38.0 Å². The molecule has 0 fully saturated rings. The van der Waals surface area contributed by atoms with Crippen molar-refractivity contribution in [1.82, 2.24) is 0 Å². The average molecular weight is 163 g/mol. The van der Waals surface area contributed by atoms with E-state index in [1.54, 1.807) is 0 Å². The molecule has 1 rings (SSSR count). The van der Waals surface area contributed by atoms with Gasteiger partial charge in [-0.2, -0.15) is 0 Å². The zero-order valence-corrected chi connectivity index (χ0v) is 7.38. The lowest BCUT2D eigenvalue weighted by molar-refractivity contribution is 0.780. The van der Waals surface area contributed by atoms with Gasteiger partial charge in [0.1, 0.15) is 0 Å². The van der Waals surface area contributed by atoms with E-state index in [0.717, 1.165) is 17.8 Å². The average Bonchev–Trinajstić information content (AvgIpc) is 2.03. The fraction of sp³-hybridized carbons (Fsp3) is 0.300. The van der Waals surface area contributed by atoms with Crippen molar-refractivity contribution >= 4 is 5.69 Å². The molecule has 1 unspecified atom stereocenters. The first kappa shape index (κ1) is 9.07. The van der Waals surface area contributed by atoms with E-state index in [4.69, 9.17) is 5.73 Å². The summed E-state index contributed by atoms with van der Waals surface area (Å²) in [7, 11) is 0. The molecule has 0 bridgehead atoms.